The quantitative estimate of drug-likeness (QED) is 0.358. The zero-order valence-corrected chi connectivity index (χ0v) is 20.5. The summed E-state index contributed by atoms with van der Waals surface area (Å²) in [6, 6.07) is 12.3. The van der Waals surface area contributed by atoms with E-state index in [0.717, 1.165) is 11.0 Å². The molecule has 0 bridgehead atoms. The number of nitrogens with zero attached hydrogens (tertiary/aromatic N) is 5. The lowest BCUT2D eigenvalue weighted by molar-refractivity contribution is -0.116. The van der Waals surface area contributed by atoms with E-state index in [0.29, 0.717) is 28.1 Å². The number of fused-ring (bicyclic) bond motifs is 1. The number of imidazole rings is 1. The van der Waals surface area contributed by atoms with Crippen LogP contribution in [0.1, 0.15) is 5.82 Å². The largest absolute Gasteiger partial charge is 0.497 e. The molecular formula is C23H25N7O4S. The van der Waals surface area contributed by atoms with Gasteiger partial charge in [-0.2, -0.15) is 0 Å². The van der Waals surface area contributed by atoms with Gasteiger partial charge in [0.2, 0.25) is 11.8 Å². The van der Waals surface area contributed by atoms with Crippen molar-refractivity contribution in [3.63, 3.8) is 0 Å². The highest BCUT2D eigenvalue weighted by Crippen LogP contribution is 2.20. The van der Waals surface area contributed by atoms with Gasteiger partial charge in [0.15, 0.2) is 5.16 Å². The molecule has 2 aromatic carbocycles. The number of aryl methyl sites for hydroxylation is 2. The predicted octanol–water partition coefficient (Wildman–Crippen LogP) is 1.93. The Bertz CT molecular complexity index is 1450. The molecule has 0 unspecified atom stereocenters. The summed E-state index contributed by atoms with van der Waals surface area (Å²) in [5, 5.41) is 14.4. The predicted molar refractivity (Wildman–Crippen MR) is 134 cm³/mol. The molecule has 0 aliphatic heterocycles. The van der Waals surface area contributed by atoms with Crippen molar-refractivity contribution in [1.29, 1.82) is 0 Å². The first-order valence-corrected chi connectivity index (χ1v) is 11.7. The minimum atomic E-state index is -0.231. The Morgan fingerprint density at radius 1 is 0.886 bits per heavy atom. The lowest BCUT2D eigenvalue weighted by atomic mass is 10.2. The van der Waals surface area contributed by atoms with Crippen LogP contribution < -0.4 is 21.1 Å². The summed E-state index contributed by atoms with van der Waals surface area (Å²) in [5.41, 5.74) is 2.63. The van der Waals surface area contributed by atoms with Gasteiger partial charge in [-0.25, -0.2) is 4.79 Å². The molecule has 0 saturated heterocycles. The topological polar surface area (TPSA) is 125 Å². The number of aromatic nitrogens is 5. The Labute approximate surface area is 205 Å². The molecule has 182 valence electrons. The number of thioether (sulfide) groups is 1. The summed E-state index contributed by atoms with van der Waals surface area (Å²) >= 11 is 1.22. The van der Waals surface area contributed by atoms with Crippen molar-refractivity contribution in [3.05, 3.63) is 58.8 Å². The molecule has 2 heterocycles. The van der Waals surface area contributed by atoms with Crippen LogP contribution in [0.3, 0.4) is 0 Å². The summed E-state index contributed by atoms with van der Waals surface area (Å²) < 4.78 is 9.89. The fraction of sp³-hybridized carbons (Fsp3) is 0.261. The fourth-order valence-electron chi connectivity index (χ4n) is 3.56. The van der Waals surface area contributed by atoms with Gasteiger partial charge in [-0.05, 0) is 42.5 Å². The highest BCUT2D eigenvalue weighted by Gasteiger charge is 2.15. The molecule has 0 atom stereocenters. The number of anilines is 2. The summed E-state index contributed by atoms with van der Waals surface area (Å²) in [4.78, 5) is 37.0. The molecule has 35 heavy (non-hydrogen) atoms. The van der Waals surface area contributed by atoms with Crippen molar-refractivity contribution in [1.82, 2.24) is 23.9 Å². The highest BCUT2D eigenvalue weighted by atomic mass is 32.2. The van der Waals surface area contributed by atoms with Gasteiger partial charge in [-0.3, -0.25) is 18.7 Å². The van der Waals surface area contributed by atoms with Crippen molar-refractivity contribution >= 4 is 46.0 Å². The van der Waals surface area contributed by atoms with Crippen LogP contribution in [-0.2, 0) is 37.2 Å². The third kappa shape index (κ3) is 5.22. The van der Waals surface area contributed by atoms with Gasteiger partial charge in [-0.15, -0.1) is 10.2 Å². The molecule has 0 radical (unpaired) electrons. The van der Waals surface area contributed by atoms with Crippen molar-refractivity contribution in [2.24, 2.45) is 21.1 Å². The van der Waals surface area contributed by atoms with Gasteiger partial charge in [0.1, 0.15) is 11.6 Å². The number of methoxy groups -OCH3 is 1. The lowest BCUT2D eigenvalue weighted by Crippen LogP contribution is -2.19. The third-order valence-corrected chi connectivity index (χ3v) is 6.53. The number of amides is 2. The van der Waals surface area contributed by atoms with Gasteiger partial charge >= 0.3 is 5.69 Å². The van der Waals surface area contributed by atoms with E-state index >= 15 is 0 Å². The number of hydrogen-bond acceptors (Lipinski definition) is 7. The monoisotopic (exact) mass is 495 g/mol. The van der Waals surface area contributed by atoms with Crippen LogP contribution in [0.2, 0.25) is 0 Å². The van der Waals surface area contributed by atoms with Gasteiger partial charge in [0.25, 0.3) is 0 Å². The number of ether oxygens (including phenoxy) is 1. The second-order valence-corrected chi connectivity index (χ2v) is 8.79. The Kier molecular flexibility index (Phi) is 6.92. The van der Waals surface area contributed by atoms with Crippen LogP contribution in [0.15, 0.2) is 52.4 Å². The van der Waals surface area contributed by atoms with Gasteiger partial charge in [0, 0.05) is 32.5 Å². The summed E-state index contributed by atoms with van der Waals surface area (Å²) in [6.07, 6.45) is 0.0398. The maximum absolute atomic E-state index is 12.5. The first kappa shape index (κ1) is 24.1. The molecule has 4 aromatic rings. The smallest absolute Gasteiger partial charge is 0.328 e. The molecule has 12 heteroatoms. The van der Waals surface area contributed by atoms with Crippen LogP contribution in [0, 0.1) is 0 Å². The first-order valence-electron chi connectivity index (χ1n) is 10.7. The fourth-order valence-corrected chi connectivity index (χ4v) is 4.29. The number of carbonyl (C=O) groups excluding carboxylic acids is 2. The Morgan fingerprint density at radius 3 is 2.26 bits per heavy atom. The summed E-state index contributed by atoms with van der Waals surface area (Å²) in [6.45, 7) is 0. The molecule has 2 amide bonds. The van der Waals surface area contributed by atoms with Crippen LogP contribution in [0.5, 0.6) is 5.75 Å². The SMILES string of the molecule is COc1ccc(NC(=O)Cc2nnc(SCC(=O)Nc3ccc4c(c3)n(C)c(=O)n4C)n2C)cc1. The average Bonchev–Trinajstić information content (AvgIpc) is 3.30. The standard InChI is InChI=1S/C23H25N7O4S/c1-28-17-10-7-15(11-18(17)29(2)23(28)33)25-21(32)13-35-22-27-26-19(30(22)3)12-20(31)24-14-5-8-16(34-4)9-6-14/h5-11H,12-13H2,1-4H3,(H,24,31)(H,25,32). The van der Waals surface area contributed by atoms with Crippen molar-refractivity contribution in [2.45, 2.75) is 11.6 Å². The Balaban J connectivity index is 1.33. The van der Waals surface area contributed by atoms with Gasteiger partial charge in [0.05, 0.1) is 30.3 Å². The summed E-state index contributed by atoms with van der Waals surface area (Å²) in [5.74, 6) is 0.834. The molecule has 4 rings (SSSR count). The third-order valence-electron chi connectivity index (χ3n) is 5.51. The van der Waals surface area contributed by atoms with Crippen molar-refractivity contribution in [3.8, 4) is 5.75 Å². The van der Waals surface area contributed by atoms with E-state index in [9.17, 15) is 14.4 Å². The van der Waals surface area contributed by atoms with Crippen molar-refractivity contribution in [2.75, 3.05) is 23.5 Å². The molecule has 11 nitrogen and oxygen atoms in total. The number of hydrogen-bond donors (Lipinski definition) is 2. The normalized spacial score (nSPS) is 11.0. The molecule has 0 spiro atoms. The molecule has 0 saturated carbocycles. The van der Waals surface area contributed by atoms with E-state index in [-0.39, 0.29) is 29.7 Å². The van der Waals surface area contributed by atoms with E-state index in [2.05, 4.69) is 20.8 Å². The highest BCUT2D eigenvalue weighted by molar-refractivity contribution is 7.99. The van der Waals surface area contributed by atoms with E-state index in [1.165, 1.54) is 16.3 Å². The summed E-state index contributed by atoms with van der Waals surface area (Å²) in [7, 11) is 6.72. The zero-order chi connectivity index (χ0) is 25.1. The number of rotatable bonds is 8. The maximum atomic E-state index is 12.5. The molecule has 0 aliphatic carbocycles. The lowest BCUT2D eigenvalue weighted by Gasteiger charge is -2.07. The number of benzene rings is 2. The molecular weight excluding hydrogens is 470 g/mol. The second kappa shape index (κ2) is 10.1. The zero-order valence-electron chi connectivity index (χ0n) is 19.7. The van der Waals surface area contributed by atoms with Gasteiger partial charge in [-0.1, -0.05) is 11.8 Å². The van der Waals surface area contributed by atoms with E-state index in [4.69, 9.17) is 4.74 Å². The van der Waals surface area contributed by atoms with Crippen LogP contribution in [0.4, 0.5) is 11.4 Å². The minimum Gasteiger partial charge on any atom is -0.497 e. The van der Waals surface area contributed by atoms with Crippen LogP contribution >= 0.6 is 11.8 Å². The van der Waals surface area contributed by atoms with Gasteiger partial charge < -0.3 is 19.9 Å². The number of nitrogens with one attached hydrogen (secondary N) is 2. The second-order valence-electron chi connectivity index (χ2n) is 7.85. The molecule has 0 aliphatic rings. The van der Waals surface area contributed by atoms with Crippen LogP contribution in [0.25, 0.3) is 11.0 Å². The average molecular weight is 496 g/mol. The Morgan fingerprint density at radius 2 is 1.54 bits per heavy atom. The van der Waals surface area contributed by atoms with E-state index in [1.54, 1.807) is 79.9 Å². The van der Waals surface area contributed by atoms with E-state index < -0.39 is 0 Å². The molecule has 2 N–H and O–H groups in total. The maximum Gasteiger partial charge on any atom is 0.328 e. The first-order chi connectivity index (χ1) is 16.8. The minimum absolute atomic E-state index is 0.0398. The van der Waals surface area contributed by atoms with Crippen molar-refractivity contribution < 1.29 is 14.3 Å². The molecule has 0 fully saturated rings. The van der Waals surface area contributed by atoms with Crippen LogP contribution in [-0.4, -0.2) is 48.6 Å². The Hall–Kier alpha value is -4.06. The molecule has 2 aromatic heterocycles. The van der Waals surface area contributed by atoms with E-state index in [1.807, 2.05) is 0 Å². The number of carbonyl (C=O) groups is 2.